The highest BCUT2D eigenvalue weighted by Gasteiger charge is 2.22. The standard InChI is InChI=1S/C51H32N4O/c1-4-15-34(16-5-1)44-31-38-21-10-11-22-39(38)50-47(49(54-55(44)50)36-17-6-2-7-18-36)35-29-27-33(28-30-35)42-32-43(53-51(52-42)37-19-8-3-9-20-37)40-24-14-26-46-48(40)41-23-12-13-25-45(41)56-46/h1-32H. The van der Waals surface area contributed by atoms with Crippen LogP contribution in [-0.4, -0.2) is 19.6 Å². The van der Waals surface area contributed by atoms with E-state index in [-0.39, 0.29) is 0 Å². The van der Waals surface area contributed by atoms with Gasteiger partial charge in [0.2, 0.25) is 0 Å². The molecule has 0 N–H and O–H groups in total. The molecular formula is C51H32N4O. The first-order chi connectivity index (χ1) is 27.8. The van der Waals surface area contributed by atoms with E-state index >= 15 is 0 Å². The molecule has 0 saturated carbocycles. The van der Waals surface area contributed by atoms with Crippen molar-refractivity contribution in [1.29, 1.82) is 0 Å². The van der Waals surface area contributed by atoms with Crippen LogP contribution in [0.25, 0.3) is 106 Å². The van der Waals surface area contributed by atoms with Crippen LogP contribution >= 0.6 is 0 Å². The van der Waals surface area contributed by atoms with E-state index in [1.165, 1.54) is 5.39 Å². The van der Waals surface area contributed by atoms with Gasteiger partial charge >= 0.3 is 0 Å². The Bertz CT molecular complexity index is 3220. The number of benzene rings is 7. The summed E-state index contributed by atoms with van der Waals surface area (Å²) < 4.78 is 8.41. The van der Waals surface area contributed by atoms with E-state index in [0.717, 1.165) is 94.6 Å². The average Bonchev–Trinajstić information content (AvgIpc) is 3.87. The molecule has 262 valence electrons. The zero-order valence-electron chi connectivity index (χ0n) is 30.2. The summed E-state index contributed by atoms with van der Waals surface area (Å²) in [5, 5.41) is 9.81. The van der Waals surface area contributed by atoms with Crippen molar-refractivity contribution in [1.82, 2.24) is 19.6 Å². The van der Waals surface area contributed by atoms with Crippen molar-refractivity contribution in [3.8, 4) is 67.5 Å². The molecule has 0 aliphatic heterocycles. The highest BCUT2D eigenvalue weighted by molar-refractivity contribution is 6.12. The van der Waals surface area contributed by atoms with Crippen molar-refractivity contribution in [2.24, 2.45) is 0 Å². The van der Waals surface area contributed by atoms with Crippen molar-refractivity contribution in [3.63, 3.8) is 0 Å². The summed E-state index contributed by atoms with van der Waals surface area (Å²) in [6, 6.07) is 67.2. The van der Waals surface area contributed by atoms with Gasteiger partial charge in [0, 0.05) is 49.5 Å². The molecule has 0 radical (unpaired) electrons. The van der Waals surface area contributed by atoms with Crippen LogP contribution < -0.4 is 0 Å². The van der Waals surface area contributed by atoms with Crippen molar-refractivity contribution in [2.45, 2.75) is 0 Å². The summed E-state index contributed by atoms with van der Waals surface area (Å²) in [7, 11) is 0. The summed E-state index contributed by atoms with van der Waals surface area (Å²) in [6.45, 7) is 0. The van der Waals surface area contributed by atoms with E-state index < -0.39 is 0 Å². The molecule has 0 bridgehead atoms. The molecule has 11 rings (SSSR count). The SMILES string of the molecule is c1ccc(-c2nc(-c3ccc(-c4c(-c5ccccc5)nn5c(-c6ccccc6)cc6ccccc6c45)cc3)cc(-c3cccc4oc5ccccc5c34)n2)cc1. The molecule has 0 fully saturated rings. The normalized spacial score (nSPS) is 11.6. The number of furan rings is 1. The van der Waals surface area contributed by atoms with Crippen LogP contribution in [0.1, 0.15) is 0 Å². The minimum absolute atomic E-state index is 0.667. The Balaban J connectivity index is 1.12. The van der Waals surface area contributed by atoms with Crippen LogP contribution in [0.2, 0.25) is 0 Å². The molecule has 5 nitrogen and oxygen atoms in total. The van der Waals surface area contributed by atoms with E-state index in [4.69, 9.17) is 19.5 Å². The molecule has 7 aromatic carbocycles. The lowest BCUT2D eigenvalue weighted by atomic mass is 9.95. The Morgan fingerprint density at radius 1 is 0.429 bits per heavy atom. The molecule has 11 aromatic rings. The fourth-order valence-corrected chi connectivity index (χ4v) is 8.02. The van der Waals surface area contributed by atoms with Gasteiger partial charge in [-0.2, -0.15) is 5.10 Å². The first-order valence-corrected chi connectivity index (χ1v) is 18.8. The fourth-order valence-electron chi connectivity index (χ4n) is 8.02. The lowest BCUT2D eigenvalue weighted by Crippen LogP contribution is -1.96. The Morgan fingerprint density at radius 3 is 1.80 bits per heavy atom. The number of hydrogen-bond acceptors (Lipinski definition) is 4. The lowest BCUT2D eigenvalue weighted by Gasteiger charge is -2.12. The number of pyridine rings is 1. The van der Waals surface area contributed by atoms with Gasteiger partial charge in [-0.1, -0.05) is 170 Å². The van der Waals surface area contributed by atoms with E-state index in [2.05, 4.69) is 150 Å². The minimum Gasteiger partial charge on any atom is -0.456 e. The third-order valence-corrected chi connectivity index (χ3v) is 10.6. The lowest BCUT2D eigenvalue weighted by molar-refractivity contribution is 0.669. The van der Waals surface area contributed by atoms with E-state index in [1.54, 1.807) is 0 Å². The minimum atomic E-state index is 0.667. The molecule has 0 unspecified atom stereocenters. The van der Waals surface area contributed by atoms with Gasteiger partial charge in [0.15, 0.2) is 5.82 Å². The second-order valence-electron chi connectivity index (χ2n) is 14.0. The summed E-state index contributed by atoms with van der Waals surface area (Å²) in [5.41, 5.74) is 13.7. The maximum atomic E-state index is 6.27. The smallest absolute Gasteiger partial charge is 0.160 e. The van der Waals surface area contributed by atoms with Gasteiger partial charge in [-0.3, -0.25) is 0 Å². The van der Waals surface area contributed by atoms with Crippen LogP contribution in [0.3, 0.4) is 0 Å². The van der Waals surface area contributed by atoms with E-state index in [1.807, 2.05) is 48.5 Å². The van der Waals surface area contributed by atoms with Gasteiger partial charge in [0.1, 0.15) is 16.9 Å². The summed E-state index contributed by atoms with van der Waals surface area (Å²) in [5.74, 6) is 0.667. The van der Waals surface area contributed by atoms with Crippen LogP contribution in [0.4, 0.5) is 0 Å². The molecule has 0 amide bonds. The number of aromatic nitrogens is 4. The van der Waals surface area contributed by atoms with Crippen LogP contribution in [-0.2, 0) is 0 Å². The van der Waals surface area contributed by atoms with Crippen molar-refractivity contribution < 1.29 is 4.42 Å². The van der Waals surface area contributed by atoms with Gasteiger partial charge in [-0.25, -0.2) is 14.5 Å². The highest BCUT2D eigenvalue weighted by atomic mass is 16.3. The summed E-state index contributed by atoms with van der Waals surface area (Å²) in [4.78, 5) is 10.3. The molecule has 0 aliphatic carbocycles. The number of nitrogens with zero attached hydrogens (tertiary/aromatic N) is 4. The predicted octanol–water partition coefficient (Wildman–Crippen LogP) is 13.2. The first kappa shape index (κ1) is 31.9. The molecule has 0 atom stereocenters. The second-order valence-corrected chi connectivity index (χ2v) is 14.0. The molecule has 4 heterocycles. The average molecular weight is 717 g/mol. The van der Waals surface area contributed by atoms with Gasteiger partial charge < -0.3 is 4.42 Å². The van der Waals surface area contributed by atoms with Gasteiger partial charge in [0.25, 0.3) is 0 Å². The third kappa shape index (κ3) is 5.29. The Morgan fingerprint density at radius 2 is 1.04 bits per heavy atom. The third-order valence-electron chi connectivity index (χ3n) is 10.6. The van der Waals surface area contributed by atoms with Crippen molar-refractivity contribution in [2.75, 3.05) is 0 Å². The van der Waals surface area contributed by atoms with Crippen molar-refractivity contribution in [3.05, 3.63) is 194 Å². The molecule has 5 heteroatoms. The topological polar surface area (TPSA) is 56.2 Å². The Kier molecular flexibility index (Phi) is 7.42. The number of rotatable bonds is 6. The Hall–Kier alpha value is -7.63. The fraction of sp³-hybridized carbons (Fsp3) is 0. The first-order valence-electron chi connectivity index (χ1n) is 18.8. The van der Waals surface area contributed by atoms with Gasteiger partial charge in [-0.05, 0) is 35.2 Å². The monoisotopic (exact) mass is 716 g/mol. The number of fused-ring (bicyclic) bond motifs is 6. The van der Waals surface area contributed by atoms with Gasteiger partial charge in [-0.15, -0.1) is 0 Å². The second kappa shape index (κ2) is 13.0. The number of para-hydroxylation sites is 1. The van der Waals surface area contributed by atoms with Gasteiger partial charge in [0.05, 0.1) is 22.6 Å². The maximum Gasteiger partial charge on any atom is 0.160 e. The molecule has 0 aliphatic rings. The van der Waals surface area contributed by atoms with Crippen LogP contribution in [0.15, 0.2) is 199 Å². The molecular weight excluding hydrogens is 685 g/mol. The quantitative estimate of drug-likeness (QED) is 0.172. The molecule has 4 aromatic heterocycles. The largest absolute Gasteiger partial charge is 0.456 e. The zero-order chi connectivity index (χ0) is 37.0. The summed E-state index contributed by atoms with van der Waals surface area (Å²) >= 11 is 0. The predicted molar refractivity (Wildman–Crippen MR) is 228 cm³/mol. The van der Waals surface area contributed by atoms with E-state index in [0.29, 0.717) is 5.82 Å². The number of hydrogen-bond donors (Lipinski definition) is 0. The van der Waals surface area contributed by atoms with Crippen molar-refractivity contribution >= 4 is 38.2 Å². The zero-order valence-corrected chi connectivity index (χ0v) is 30.2. The van der Waals surface area contributed by atoms with E-state index in [9.17, 15) is 0 Å². The molecule has 0 spiro atoms. The van der Waals surface area contributed by atoms with Crippen LogP contribution in [0.5, 0.6) is 0 Å². The van der Waals surface area contributed by atoms with Crippen LogP contribution in [0, 0.1) is 0 Å². The highest BCUT2D eigenvalue weighted by Crippen LogP contribution is 2.42. The maximum absolute atomic E-state index is 6.27. The Labute approximate surface area is 322 Å². The molecule has 0 saturated heterocycles. The summed E-state index contributed by atoms with van der Waals surface area (Å²) in [6.07, 6.45) is 0. The molecule has 56 heavy (non-hydrogen) atoms.